The first-order valence-electron chi connectivity index (χ1n) is 13.4. The quantitative estimate of drug-likeness (QED) is 0.198. The Hall–Kier alpha value is -4.57. The molecule has 3 aromatic carbocycles. The number of benzene rings is 3. The molecule has 0 saturated carbocycles. The van der Waals surface area contributed by atoms with E-state index in [0.717, 1.165) is 43.6 Å². The molecule has 0 radical (unpaired) electrons. The first-order chi connectivity index (χ1) is 20.0. The van der Waals surface area contributed by atoms with E-state index >= 15 is 0 Å². The summed E-state index contributed by atoms with van der Waals surface area (Å²) in [7, 11) is -1.28. The van der Waals surface area contributed by atoms with Crippen LogP contribution in [0.25, 0.3) is 5.69 Å². The van der Waals surface area contributed by atoms with Crippen molar-refractivity contribution in [1.29, 1.82) is 0 Å². The van der Waals surface area contributed by atoms with Crippen LogP contribution in [0.3, 0.4) is 0 Å². The lowest BCUT2D eigenvalue weighted by molar-refractivity contribution is -0.119. The first kappa shape index (κ1) is 30.4. The molecule has 1 amide bonds. The number of amides is 1. The Kier molecular flexibility index (Phi) is 9.06. The van der Waals surface area contributed by atoms with Gasteiger partial charge >= 0.3 is 0 Å². The Balaban J connectivity index is 1.62. The van der Waals surface area contributed by atoms with Crippen LogP contribution in [-0.4, -0.2) is 45.9 Å². The fraction of sp³-hybridized carbons (Fsp3) is 0.250. The van der Waals surface area contributed by atoms with Crippen LogP contribution in [0.2, 0.25) is 0 Å². The maximum atomic E-state index is 13.9. The van der Waals surface area contributed by atoms with Gasteiger partial charge in [-0.25, -0.2) is 13.8 Å². The standard InChI is InChI=1S/C32H36N4O5S/c1-21-14-22(2)16-27(15-21)35(42(38,39)28-12-13-30(40-6)31(18-28)41-7)20-32(37)34-33-19-26-17-24(4)36(25(26)5)29-11-9-8-10-23(29)3/h8-19H,20H2,1-7H3,(H,34,37)/b33-19+. The van der Waals surface area contributed by atoms with E-state index in [1.54, 1.807) is 18.3 Å². The number of nitrogens with one attached hydrogen (secondary N) is 1. The number of aryl methyl sites for hydroxylation is 4. The topological polar surface area (TPSA) is 102 Å². The number of para-hydroxylation sites is 1. The van der Waals surface area contributed by atoms with Gasteiger partial charge in [-0.15, -0.1) is 0 Å². The average Bonchev–Trinajstić information content (AvgIpc) is 3.23. The van der Waals surface area contributed by atoms with Gasteiger partial charge in [0.25, 0.3) is 15.9 Å². The van der Waals surface area contributed by atoms with E-state index in [4.69, 9.17) is 9.47 Å². The minimum Gasteiger partial charge on any atom is -0.493 e. The summed E-state index contributed by atoms with van der Waals surface area (Å²) in [5, 5.41) is 4.16. The molecule has 4 rings (SSSR count). The fourth-order valence-electron chi connectivity index (χ4n) is 4.96. The molecule has 0 saturated heterocycles. The molecule has 10 heteroatoms. The highest BCUT2D eigenvalue weighted by atomic mass is 32.2. The summed E-state index contributed by atoms with van der Waals surface area (Å²) >= 11 is 0. The minimum absolute atomic E-state index is 0.0424. The summed E-state index contributed by atoms with van der Waals surface area (Å²) in [5.74, 6) is 0.0572. The van der Waals surface area contributed by atoms with Crippen LogP contribution in [0.5, 0.6) is 11.5 Å². The second-order valence-corrected chi connectivity index (χ2v) is 12.0. The van der Waals surface area contributed by atoms with Crippen LogP contribution in [0, 0.1) is 34.6 Å². The Morgan fingerprint density at radius 2 is 1.57 bits per heavy atom. The van der Waals surface area contributed by atoms with Crippen molar-refractivity contribution in [3.63, 3.8) is 0 Å². The molecule has 9 nitrogen and oxygen atoms in total. The number of aromatic nitrogens is 1. The Morgan fingerprint density at radius 3 is 2.21 bits per heavy atom. The second kappa shape index (κ2) is 12.5. The number of methoxy groups -OCH3 is 2. The number of carbonyl (C=O) groups is 1. The van der Waals surface area contributed by atoms with E-state index in [-0.39, 0.29) is 10.6 Å². The molecule has 0 atom stereocenters. The van der Waals surface area contributed by atoms with Gasteiger partial charge in [-0.1, -0.05) is 24.3 Å². The van der Waals surface area contributed by atoms with Crippen molar-refractivity contribution in [2.45, 2.75) is 39.5 Å². The Labute approximate surface area is 247 Å². The molecule has 0 aliphatic carbocycles. The molecule has 42 heavy (non-hydrogen) atoms. The molecule has 1 N–H and O–H groups in total. The molecule has 0 fully saturated rings. The zero-order valence-electron chi connectivity index (χ0n) is 24.9. The van der Waals surface area contributed by atoms with Crippen molar-refractivity contribution < 1.29 is 22.7 Å². The maximum absolute atomic E-state index is 13.9. The third-order valence-electron chi connectivity index (χ3n) is 6.94. The van der Waals surface area contributed by atoms with Gasteiger partial charge in [0.2, 0.25) is 0 Å². The molecule has 0 aliphatic heterocycles. The first-order valence-corrected chi connectivity index (χ1v) is 14.8. The lowest BCUT2D eigenvalue weighted by Gasteiger charge is -2.25. The third kappa shape index (κ3) is 6.33. The lowest BCUT2D eigenvalue weighted by atomic mass is 10.1. The van der Waals surface area contributed by atoms with Crippen LogP contribution in [0.1, 0.15) is 33.6 Å². The van der Waals surface area contributed by atoms with Crippen molar-refractivity contribution in [2.24, 2.45) is 5.10 Å². The van der Waals surface area contributed by atoms with Crippen LogP contribution in [-0.2, 0) is 14.8 Å². The zero-order chi connectivity index (χ0) is 30.6. The van der Waals surface area contributed by atoms with Gasteiger partial charge in [-0.2, -0.15) is 5.10 Å². The molecule has 1 heterocycles. The number of sulfonamides is 1. The van der Waals surface area contributed by atoms with E-state index in [2.05, 4.69) is 34.2 Å². The van der Waals surface area contributed by atoms with Gasteiger partial charge in [0.15, 0.2) is 11.5 Å². The van der Waals surface area contributed by atoms with E-state index < -0.39 is 22.5 Å². The van der Waals surface area contributed by atoms with Gasteiger partial charge in [0.1, 0.15) is 6.54 Å². The van der Waals surface area contributed by atoms with Crippen LogP contribution < -0.4 is 19.2 Å². The number of nitrogens with zero attached hydrogens (tertiary/aromatic N) is 3. The fourth-order valence-corrected chi connectivity index (χ4v) is 6.38. The number of hydrogen-bond acceptors (Lipinski definition) is 6. The monoisotopic (exact) mass is 588 g/mol. The van der Waals surface area contributed by atoms with Crippen LogP contribution >= 0.6 is 0 Å². The molecule has 1 aromatic heterocycles. The molecule has 0 unspecified atom stereocenters. The number of ether oxygens (including phenoxy) is 2. The summed E-state index contributed by atoms with van der Waals surface area (Å²) in [5.41, 5.74) is 9.62. The number of hydrazone groups is 1. The largest absolute Gasteiger partial charge is 0.493 e. The maximum Gasteiger partial charge on any atom is 0.264 e. The summed E-state index contributed by atoms with van der Waals surface area (Å²) < 4.78 is 41.6. The van der Waals surface area contributed by atoms with Gasteiger partial charge in [0.05, 0.1) is 31.0 Å². The lowest BCUT2D eigenvalue weighted by Crippen LogP contribution is -2.39. The molecular weight excluding hydrogens is 552 g/mol. The molecule has 220 valence electrons. The van der Waals surface area contributed by atoms with Gasteiger partial charge in [-0.3, -0.25) is 9.10 Å². The Morgan fingerprint density at radius 1 is 0.905 bits per heavy atom. The average molecular weight is 589 g/mol. The summed E-state index contributed by atoms with van der Waals surface area (Å²) in [6, 6.07) is 19.8. The number of rotatable bonds is 10. The van der Waals surface area contributed by atoms with Crippen molar-refractivity contribution >= 4 is 27.8 Å². The Bertz CT molecular complexity index is 1740. The van der Waals surface area contributed by atoms with Crippen LogP contribution in [0.15, 0.2) is 76.7 Å². The highest BCUT2D eigenvalue weighted by molar-refractivity contribution is 7.92. The molecule has 4 aromatic rings. The van der Waals surface area contributed by atoms with E-state index in [1.807, 2.05) is 52.0 Å². The third-order valence-corrected chi connectivity index (χ3v) is 8.71. The summed E-state index contributed by atoms with van der Waals surface area (Å²) in [4.78, 5) is 13.1. The van der Waals surface area contributed by atoms with Crippen molar-refractivity contribution in [3.05, 3.63) is 100 Å². The zero-order valence-corrected chi connectivity index (χ0v) is 25.7. The molecular formula is C32H36N4O5S. The van der Waals surface area contributed by atoms with Crippen molar-refractivity contribution in [2.75, 3.05) is 25.1 Å². The van der Waals surface area contributed by atoms with E-state index in [9.17, 15) is 13.2 Å². The predicted molar refractivity (Wildman–Crippen MR) is 166 cm³/mol. The second-order valence-electron chi connectivity index (χ2n) is 10.1. The van der Waals surface area contributed by atoms with Gasteiger partial charge in [0, 0.05) is 28.7 Å². The predicted octanol–water partition coefficient (Wildman–Crippen LogP) is 5.38. The number of anilines is 1. The normalized spacial score (nSPS) is 11.5. The van der Waals surface area contributed by atoms with Crippen molar-refractivity contribution in [1.82, 2.24) is 9.99 Å². The van der Waals surface area contributed by atoms with Crippen LogP contribution in [0.4, 0.5) is 5.69 Å². The molecule has 0 aliphatic rings. The minimum atomic E-state index is -4.18. The SMILES string of the molecule is COc1ccc(S(=O)(=O)N(CC(=O)N/N=C/c2cc(C)n(-c3ccccc3C)c2C)c2cc(C)cc(C)c2)cc1OC. The molecule has 0 bridgehead atoms. The van der Waals surface area contributed by atoms with Crippen molar-refractivity contribution in [3.8, 4) is 17.2 Å². The molecule has 0 spiro atoms. The number of hydrogen-bond donors (Lipinski definition) is 1. The number of carbonyl (C=O) groups excluding carboxylic acids is 1. The highest BCUT2D eigenvalue weighted by Gasteiger charge is 2.29. The highest BCUT2D eigenvalue weighted by Crippen LogP contribution is 2.32. The summed E-state index contributed by atoms with van der Waals surface area (Å²) in [6.07, 6.45) is 1.57. The van der Waals surface area contributed by atoms with E-state index in [0.29, 0.717) is 11.4 Å². The smallest absolute Gasteiger partial charge is 0.264 e. The van der Waals surface area contributed by atoms with E-state index in [1.165, 1.54) is 32.4 Å². The van der Waals surface area contributed by atoms with Gasteiger partial charge in [-0.05, 0) is 87.7 Å². The van der Waals surface area contributed by atoms with Gasteiger partial charge < -0.3 is 14.0 Å². The summed E-state index contributed by atoms with van der Waals surface area (Å²) in [6.45, 7) is 9.31.